The first-order valence-corrected chi connectivity index (χ1v) is 5.66. The highest BCUT2D eigenvalue weighted by atomic mass is 16.5. The van der Waals surface area contributed by atoms with Crippen LogP contribution in [-0.4, -0.2) is 27.8 Å². The second-order valence-electron chi connectivity index (χ2n) is 3.79. The van der Waals surface area contributed by atoms with E-state index in [-0.39, 0.29) is 6.61 Å². The molecule has 0 aliphatic rings. The molecule has 0 spiro atoms. The van der Waals surface area contributed by atoms with Crippen LogP contribution in [0.2, 0.25) is 0 Å². The van der Waals surface area contributed by atoms with Gasteiger partial charge in [-0.05, 0) is 19.1 Å². The Labute approximate surface area is 111 Å². The van der Waals surface area contributed by atoms with Gasteiger partial charge in [0.15, 0.2) is 6.61 Å². The van der Waals surface area contributed by atoms with E-state index in [0.717, 1.165) is 5.69 Å². The second kappa shape index (κ2) is 5.74. The molecule has 2 aromatic rings. The standard InChI is InChI=1S/C14H13N3O2/c1-3-9-19-14-13(10-15-18)11(2)16-17(14)12-7-5-4-6-8-12/h1,4-8,10,18H,9H2,2H3/b15-10+. The Morgan fingerprint density at radius 1 is 1.47 bits per heavy atom. The zero-order valence-electron chi connectivity index (χ0n) is 10.4. The maximum atomic E-state index is 8.71. The smallest absolute Gasteiger partial charge is 0.227 e. The third-order valence-electron chi connectivity index (χ3n) is 2.54. The molecule has 2 rings (SSSR count). The number of aryl methyl sites for hydroxylation is 1. The first-order chi connectivity index (χ1) is 9.27. The molecule has 0 aliphatic carbocycles. The van der Waals surface area contributed by atoms with Crippen LogP contribution in [0, 0.1) is 19.3 Å². The fourth-order valence-electron chi connectivity index (χ4n) is 1.72. The molecule has 5 nitrogen and oxygen atoms in total. The highest BCUT2D eigenvalue weighted by Crippen LogP contribution is 2.24. The largest absolute Gasteiger partial charge is 0.464 e. The van der Waals surface area contributed by atoms with E-state index in [4.69, 9.17) is 16.4 Å². The average Bonchev–Trinajstić information content (AvgIpc) is 2.75. The summed E-state index contributed by atoms with van der Waals surface area (Å²) < 4.78 is 7.14. The molecule has 19 heavy (non-hydrogen) atoms. The first-order valence-electron chi connectivity index (χ1n) is 5.66. The summed E-state index contributed by atoms with van der Waals surface area (Å²) in [5, 5.41) is 16.1. The van der Waals surface area contributed by atoms with Gasteiger partial charge < -0.3 is 9.94 Å². The number of ether oxygens (including phenoxy) is 1. The van der Waals surface area contributed by atoms with E-state index in [1.165, 1.54) is 6.21 Å². The number of benzene rings is 1. The van der Waals surface area contributed by atoms with Gasteiger partial charge >= 0.3 is 0 Å². The number of terminal acetylenes is 1. The average molecular weight is 255 g/mol. The molecule has 0 bridgehead atoms. The Balaban J connectivity index is 2.54. The molecule has 0 radical (unpaired) electrons. The molecule has 0 saturated carbocycles. The van der Waals surface area contributed by atoms with Gasteiger partial charge in [-0.25, -0.2) is 4.68 Å². The van der Waals surface area contributed by atoms with Gasteiger partial charge in [-0.1, -0.05) is 29.3 Å². The van der Waals surface area contributed by atoms with Gasteiger partial charge in [0.05, 0.1) is 23.2 Å². The summed E-state index contributed by atoms with van der Waals surface area (Å²) in [7, 11) is 0. The lowest BCUT2D eigenvalue weighted by Gasteiger charge is -2.07. The summed E-state index contributed by atoms with van der Waals surface area (Å²) in [6, 6.07) is 9.51. The van der Waals surface area contributed by atoms with E-state index < -0.39 is 0 Å². The molecule has 0 aliphatic heterocycles. The monoisotopic (exact) mass is 255 g/mol. The Hall–Kier alpha value is -2.74. The Kier molecular flexibility index (Phi) is 3.84. The van der Waals surface area contributed by atoms with Gasteiger partial charge in [-0.15, -0.1) is 6.42 Å². The molecule has 0 fully saturated rings. The molecular weight excluding hydrogens is 242 g/mol. The summed E-state index contributed by atoms with van der Waals surface area (Å²) in [5.74, 6) is 2.86. The summed E-state index contributed by atoms with van der Waals surface area (Å²) in [4.78, 5) is 0. The maximum Gasteiger partial charge on any atom is 0.227 e. The van der Waals surface area contributed by atoms with Gasteiger partial charge in [0.25, 0.3) is 0 Å². The molecule has 0 atom stereocenters. The van der Waals surface area contributed by atoms with Crippen molar-refractivity contribution in [1.82, 2.24) is 9.78 Å². The first kappa shape index (κ1) is 12.7. The van der Waals surface area contributed by atoms with Crippen LogP contribution < -0.4 is 4.74 Å². The zero-order valence-corrected chi connectivity index (χ0v) is 10.4. The van der Waals surface area contributed by atoms with Crippen molar-refractivity contribution in [2.45, 2.75) is 6.92 Å². The van der Waals surface area contributed by atoms with Gasteiger partial charge in [-0.2, -0.15) is 5.10 Å². The van der Waals surface area contributed by atoms with E-state index >= 15 is 0 Å². The van der Waals surface area contributed by atoms with Crippen molar-refractivity contribution in [3.05, 3.63) is 41.6 Å². The molecular formula is C14H13N3O2. The minimum atomic E-state index is 0.115. The molecule has 0 amide bonds. The van der Waals surface area contributed by atoms with Crippen LogP contribution in [0.4, 0.5) is 0 Å². The Morgan fingerprint density at radius 2 is 2.21 bits per heavy atom. The lowest BCUT2D eigenvalue weighted by molar-refractivity contribution is 0.320. The lowest BCUT2D eigenvalue weighted by atomic mass is 10.2. The third-order valence-corrected chi connectivity index (χ3v) is 2.54. The Bertz CT molecular complexity index is 624. The van der Waals surface area contributed by atoms with E-state index in [2.05, 4.69) is 16.2 Å². The minimum absolute atomic E-state index is 0.115. The van der Waals surface area contributed by atoms with Gasteiger partial charge in [0.1, 0.15) is 0 Å². The van der Waals surface area contributed by atoms with Crippen molar-refractivity contribution in [2.24, 2.45) is 5.16 Å². The molecule has 1 aromatic heterocycles. The van der Waals surface area contributed by atoms with Crippen LogP contribution in [0.1, 0.15) is 11.3 Å². The fraction of sp³-hybridized carbons (Fsp3) is 0.143. The molecule has 1 aromatic carbocycles. The predicted octanol–water partition coefficient (Wildman–Crippen LogP) is 2.00. The molecule has 5 heteroatoms. The number of para-hydroxylation sites is 1. The Morgan fingerprint density at radius 3 is 2.84 bits per heavy atom. The minimum Gasteiger partial charge on any atom is -0.464 e. The second-order valence-corrected chi connectivity index (χ2v) is 3.79. The predicted molar refractivity (Wildman–Crippen MR) is 72.0 cm³/mol. The molecule has 0 saturated heterocycles. The topological polar surface area (TPSA) is 59.6 Å². The normalized spacial score (nSPS) is 10.5. The fourth-order valence-corrected chi connectivity index (χ4v) is 1.72. The van der Waals surface area contributed by atoms with Crippen LogP contribution in [0.25, 0.3) is 5.69 Å². The van der Waals surface area contributed by atoms with Gasteiger partial charge in [-0.3, -0.25) is 0 Å². The number of oxime groups is 1. The van der Waals surface area contributed by atoms with E-state index in [1.54, 1.807) is 11.6 Å². The number of nitrogens with zero attached hydrogens (tertiary/aromatic N) is 3. The highest BCUT2D eigenvalue weighted by molar-refractivity contribution is 5.84. The highest BCUT2D eigenvalue weighted by Gasteiger charge is 2.16. The van der Waals surface area contributed by atoms with Crippen molar-refractivity contribution >= 4 is 6.21 Å². The van der Waals surface area contributed by atoms with Crippen LogP contribution in [-0.2, 0) is 0 Å². The zero-order chi connectivity index (χ0) is 13.7. The summed E-state index contributed by atoms with van der Waals surface area (Å²) >= 11 is 0. The van der Waals surface area contributed by atoms with Crippen LogP contribution in [0.5, 0.6) is 5.88 Å². The third kappa shape index (κ3) is 2.58. The summed E-state index contributed by atoms with van der Waals surface area (Å²) in [6.45, 7) is 1.92. The quantitative estimate of drug-likeness (QED) is 0.393. The SMILES string of the molecule is C#CCOc1c(/C=N/O)c(C)nn1-c1ccccc1. The van der Waals surface area contributed by atoms with Gasteiger partial charge in [0, 0.05) is 0 Å². The van der Waals surface area contributed by atoms with Gasteiger partial charge in [0.2, 0.25) is 5.88 Å². The molecule has 1 N–H and O–H groups in total. The van der Waals surface area contributed by atoms with Crippen LogP contribution >= 0.6 is 0 Å². The molecule has 96 valence electrons. The summed E-state index contributed by atoms with van der Waals surface area (Å²) in [5.41, 5.74) is 2.13. The number of hydrogen-bond acceptors (Lipinski definition) is 4. The van der Waals surface area contributed by atoms with Crippen LogP contribution in [0.3, 0.4) is 0 Å². The maximum absolute atomic E-state index is 8.71. The number of aromatic nitrogens is 2. The van der Waals surface area contributed by atoms with Crippen molar-refractivity contribution < 1.29 is 9.94 Å². The number of hydrogen-bond donors (Lipinski definition) is 1. The lowest BCUT2D eigenvalue weighted by Crippen LogP contribution is -2.04. The van der Waals surface area contributed by atoms with E-state index in [9.17, 15) is 0 Å². The van der Waals surface area contributed by atoms with Crippen LogP contribution in [0.15, 0.2) is 35.5 Å². The molecule has 1 heterocycles. The number of rotatable bonds is 4. The van der Waals surface area contributed by atoms with E-state index in [0.29, 0.717) is 17.1 Å². The van der Waals surface area contributed by atoms with Crippen molar-refractivity contribution in [1.29, 1.82) is 0 Å². The van der Waals surface area contributed by atoms with Crippen molar-refractivity contribution in [3.8, 4) is 23.9 Å². The van der Waals surface area contributed by atoms with Crippen molar-refractivity contribution in [3.63, 3.8) is 0 Å². The van der Waals surface area contributed by atoms with Crippen molar-refractivity contribution in [2.75, 3.05) is 6.61 Å². The molecule has 0 unspecified atom stereocenters. The van der Waals surface area contributed by atoms with E-state index in [1.807, 2.05) is 30.3 Å². The summed E-state index contributed by atoms with van der Waals surface area (Å²) in [6.07, 6.45) is 6.49.